The number of anilines is 1. The highest BCUT2D eigenvalue weighted by molar-refractivity contribution is 9.10. The van der Waals surface area contributed by atoms with E-state index in [0.717, 1.165) is 15.7 Å². The van der Waals surface area contributed by atoms with E-state index in [2.05, 4.69) is 48.3 Å². The van der Waals surface area contributed by atoms with Gasteiger partial charge in [-0.25, -0.2) is 4.79 Å². The monoisotopic (exact) mass is 381 g/mol. The molecule has 2 rings (SSSR count). The predicted molar refractivity (Wildman–Crippen MR) is 96.6 cm³/mol. The lowest BCUT2D eigenvalue weighted by molar-refractivity contribution is 0.243. The molecule has 2 aromatic rings. The van der Waals surface area contributed by atoms with Crippen LogP contribution in [0.2, 0.25) is 0 Å². The molecule has 0 spiro atoms. The lowest BCUT2D eigenvalue weighted by Crippen LogP contribution is -2.36. The number of hydrogen-bond donors (Lipinski definition) is 2. The van der Waals surface area contributed by atoms with Gasteiger partial charge in [0.1, 0.15) is 0 Å². The maximum atomic E-state index is 12.1. The van der Waals surface area contributed by atoms with Crippen molar-refractivity contribution >= 4 is 39.0 Å². The van der Waals surface area contributed by atoms with Crippen molar-refractivity contribution < 1.29 is 4.79 Å². The Morgan fingerprint density at radius 3 is 2.73 bits per heavy atom. The number of carbonyl (C=O) groups is 1. The largest absolute Gasteiger partial charge is 0.336 e. The number of thiophene rings is 1. The van der Waals surface area contributed by atoms with Crippen LogP contribution in [-0.4, -0.2) is 31.6 Å². The summed E-state index contributed by atoms with van der Waals surface area (Å²) in [5, 5.41) is 9.96. The van der Waals surface area contributed by atoms with Gasteiger partial charge in [-0.3, -0.25) is 0 Å². The second-order valence-electron chi connectivity index (χ2n) is 5.34. The van der Waals surface area contributed by atoms with Gasteiger partial charge in [-0.15, -0.1) is 0 Å². The Labute approximate surface area is 143 Å². The van der Waals surface area contributed by atoms with Crippen LogP contribution in [0.3, 0.4) is 0 Å². The number of hydrogen-bond acceptors (Lipinski definition) is 3. The fourth-order valence-electron chi connectivity index (χ4n) is 2.15. The van der Waals surface area contributed by atoms with Crippen molar-refractivity contribution in [3.63, 3.8) is 0 Å². The zero-order valence-electron chi connectivity index (χ0n) is 12.9. The number of amides is 2. The van der Waals surface area contributed by atoms with Gasteiger partial charge in [0.25, 0.3) is 0 Å². The Bertz CT molecular complexity index is 628. The zero-order valence-corrected chi connectivity index (χ0v) is 15.3. The van der Waals surface area contributed by atoms with Crippen LogP contribution in [0.1, 0.15) is 17.2 Å². The minimum atomic E-state index is -0.191. The normalized spacial score (nSPS) is 12.2. The van der Waals surface area contributed by atoms with E-state index >= 15 is 0 Å². The van der Waals surface area contributed by atoms with Crippen LogP contribution in [0.15, 0.2) is 39.5 Å². The van der Waals surface area contributed by atoms with Crippen molar-refractivity contribution in [1.29, 1.82) is 0 Å². The summed E-state index contributed by atoms with van der Waals surface area (Å²) in [5.74, 6) is 0. The van der Waals surface area contributed by atoms with Crippen LogP contribution in [0.4, 0.5) is 10.5 Å². The van der Waals surface area contributed by atoms with E-state index in [4.69, 9.17) is 0 Å². The maximum Gasteiger partial charge on any atom is 0.319 e. The Kier molecular flexibility index (Phi) is 5.99. The molecule has 1 unspecified atom stereocenters. The molecule has 1 aromatic carbocycles. The summed E-state index contributed by atoms with van der Waals surface area (Å²) in [6, 6.07) is 7.81. The predicted octanol–water partition coefficient (Wildman–Crippen LogP) is 4.24. The van der Waals surface area contributed by atoms with Crippen molar-refractivity contribution in [2.24, 2.45) is 0 Å². The van der Waals surface area contributed by atoms with Crippen LogP contribution in [0.5, 0.6) is 0 Å². The highest BCUT2D eigenvalue weighted by Gasteiger charge is 2.15. The molecular weight excluding hydrogens is 362 g/mol. The number of rotatable bonds is 5. The SMILES string of the molecule is Cc1cc(NC(=O)NCC(c2ccsc2)N(C)C)ccc1Br. The molecule has 0 aliphatic carbocycles. The van der Waals surface area contributed by atoms with E-state index in [1.807, 2.05) is 39.2 Å². The number of aryl methyl sites for hydroxylation is 1. The summed E-state index contributed by atoms with van der Waals surface area (Å²) >= 11 is 5.12. The van der Waals surface area contributed by atoms with E-state index < -0.39 is 0 Å². The molecule has 0 aliphatic rings. The average Bonchev–Trinajstić information content (AvgIpc) is 2.97. The molecule has 118 valence electrons. The molecule has 1 heterocycles. The number of urea groups is 1. The minimum Gasteiger partial charge on any atom is -0.336 e. The van der Waals surface area contributed by atoms with Crippen molar-refractivity contribution in [2.45, 2.75) is 13.0 Å². The van der Waals surface area contributed by atoms with E-state index in [9.17, 15) is 4.79 Å². The lowest BCUT2D eigenvalue weighted by atomic mass is 10.1. The van der Waals surface area contributed by atoms with E-state index in [-0.39, 0.29) is 12.1 Å². The van der Waals surface area contributed by atoms with Crippen LogP contribution < -0.4 is 10.6 Å². The molecule has 0 saturated heterocycles. The molecule has 6 heteroatoms. The quantitative estimate of drug-likeness (QED) is 0.812. The van der Waals surface area contributed by atoms with Gasteiger partial charge in [0.2, 0.25) is 0 Å². The minimum absolute atomic E-state index is 0.170. The molecule has 2 amide bonds. The highest BCUT2D eigenvalue weighted by Crippen LogP contribution is 2.21. The van der Waals surface area contributed by atoms with Gasteiger partial charge in [-0.1, -0.05) is 15.9 Å². The molecule has 0 fully saturated rings. The van der Waals surface area contributed by atoms with Crippen molar-refractivity contribution in [3.05, 3.63) is 50.6 Å². The lowest BCUT2D eigenvalue weighted by Gasteiger charge is -2.24. The number of carbonyl (C=O) groups excluding carboxylic acids is 1. The first-order chi connectivity index (χ1) is 10.5. The number of benzene rings is 1. The molecule has 0 radical (unpaired) electrons. The van der Waals surface area contributed by atoms with Crippen LogP contribution in [0.25, 0.3) is 0 Å². The van der Waals surface area contributed by atoms with Crippen LogP contribution >= 0.6 is 27.3 Å². The second kappa shape index (κ2) is 7.76. The van der Waals surface area contributed by atoms with E-state index in [0.29, 0.717) is 6.54 Å². The standard InChI is InChI=1S/C16H20BrN3OS/c1-11-8-13(4-5-14(11)17)19-16(21)18-9-15(20(2)3)12-6-7-22-10-12/h4-8,10,15H,9H2,1-3H3,(H2,18,19,21). The molecule has 0 aliphatic heterocycles. The number of likely N-dealkylation sites (N-methyl/N-ethyl adjacent to an activating group) is 1. The highest BCUT2D eigenvalue weighted by atomic mass is 79.9. The van der Waals surface area contributed by atoms with Crippen LogP contribution in [0, 0.1) is 6.92 Å². The van der Waals surface area contributed by atoms with Crippen molar-refractivity contribution in [3.8, 4) is 0 Å². The Morgan fingerprint density at radius 2 is 2.14 bits per heavy atom. The molecule has 2 N–H and O–H groups in total. The number of nitrogens with one attached hydrogen (secondary N) is 2. The first-order valence-corrected chi connectivity index (χ1v) is 8.70. The summed E-state index contributed by atoms with van der Waals surface area (Å²) < 4.78 is 1.03. The summed E-state index contributed by atoms with van der Waals surface area (Å²) in [5.41, 5.74) is 3.09. The van der Waals surface area contributed by atoms with E-state index in [1.165, 1.54) is 5.56 Å². The average molecular weight is 382 g/mol. The Balaban J connectivity index is 1.92. The van der Waals surface area contributed by atoms with Gasteiger partial charge in [0, 0.05) is 16.7 Å². The van der Waals surface area contributed by atoms with Gasteiger partial charge < -0.3 is 15.5 Å². The molecule has 1 atom stereocenters. The fraction of sp³-hybridized carbons (Fsp3) is 0.312. The summed E-state index contributed by atoms with van der Waals surface area (Å²) in [4.78, 5) is 14.2. The van der Waals surface area contributed by atoms with Gasteiger partial charge in [0.05, 0.1) is 6.04 Å². The third-order valence-electron chi connectivity index (χ3n) is 3.42. The third-order valence-corrected chi connectivity index (χ3v) is 5.01. The third kappa shape index (κ3) is 4.56. The Hall–Kier alpha value is -1.37. The molecule has 0 bridgehead atoms. The van der Waals surface area contributed by atoms with Crippen molar-refractivity contribution in [1.82, 2.24) is 10.2 Å². The topological polar surface area (TPSA) is 44.4 Å². The molecule has 1 aromatic heterocycles. The maximum absolute atomic E-state index is 12.1. The van der Waals surface area contributed by atoms with Crippen LogP contribution in [-0.2, 0) is 0 Å². The van der Waals surface area contributed by atoms with Gasteiger partial charge in [0.15, 0.2) is 0 Å². The summed E-state index contributed by atoms with van der Waals surface area (Å²) in [7, 11) is 4.03. The number of halogens is 1. The zero-order chi connectivity index (χ0) is 16.1. The number of nitrogens with zero attached hydrogens (tertiary/aromatic N) is 1. The van der Waals surface area contributed by atoms with Gasteiger partial charge >= 0.3 is 6.03 Å². The van der Waals surface area contributed by atoms with Gasteiger partial charge in [-0.05, 0) is 67.2 Å². The second-order valence-corrected chi connectivity index (χ2v) is 6.97. The summed E-state index contributed by atoms with van der Waals surface area (Å²) in [6.07, 6.45) is 0. The fourth-order valence-corrected chi connectivity index (χ4v) is 3.10. The van der Waals surface area contributed by atoms with Gasteiger partial charge in [-0.2, -0.15) is 11.3 Å². The Morgan fingerprint density at radius 1 is 1.36 bits per heavy atom. The van der Waals surface area contributed by atoms with Crippen molar-refractivity contribution in [2.75, 3.05) is 26.0 Å². The molecular formula is C16H20BrN3OS. The molecule has 22 heavy (non-hydrogen) atoms. The first-order valence-electron chi connectivity index (χ1n) is 6.97. The summed E-state index contributed by atoms with van der Waals surface area (Å²) in [6.45, 7) is 2.55. The molecule has 0 saturated carbocycles. The molecule has 4 nitrogen and oxygen atoms in total. The van der Waals surface area contributed by atoms with E-state index in [1.54, 1.807) is 11.3 Å². The smallest absolute Gasteiger partial charge is 0.319 e. The first kappa shape index (κ1) is 17.0.